The van der Waals surface area contributed by atoms with E-state index >= 15 is 0 Å². The summed E-state index contributed by atoms with van der Waals surface area (Å²) in [5.41, 5.74) is 2.36. The molecule has 1 amide bonds. The van der Waals surface area contributed by atoms with Crippen LogP contribution in [0.15, 0.2) is 53.4 Å². The second-order valence-electron chi connectivity index (χ2n) is 8.24. The van der Waals surface area contributed by atoms with Gasteiger partial charge in [0.25, 0.3) is 0 Å². The zero-order valence-corrected chi connectivity index (χ0v) is 19.5. The molecule has 172 valence electrons. The third-order valence-corrected chi connectivity index (χ3v) is 9.10. The van der Waals surface area contributed by atoms with Crippen molar-refractivity contribution in [3.8, 4) is 0 Å². The van der Waals surface area contributed by atoms with Gasteiger partial charge in [0.1, 0.15) is 0 Å². The number of likely N-dealkylation sites (tertiary alicyclic amines) is 1. The molecule has 10 heteroatoms. The summed E-state index contributed by atoms with van der Waals surface area (Å²) < 4.78 is 53.5. The summed E-state index contributed by atoms with van der Waals surface area (Å²) in [6.45, 7) is 4.09. The average molecular weight is 478 g/mol. The fourth-order valence-corrected chi connectivity index (χ4v) is 6.70. The van der Waals surface area contributed by atoms with E-state index in [-0.39, 0.29) is 35.3 Å². The summed E-state index contributed by atoms with van der Waals surface area (Å²) >= 11 is 0. The first kappa shape index (κ1) is 22.9. The number of nitrogens with one attached hydrogen (secondary N) is 1. The van der Waals surface area contributed by atoms with Crippen LogP contribution in [0.5, 0.6) is 0 Å². The first-order valence-corrected chi connectivity index (χ1v) is 13.7. The third-order valence-electron chi connectivity index (χ3n) is 5.97. The van der Waals surface area contributed by atoms with Crippen molar-refractivity contribution in [3.05, 3.63) is 59.7 Å². The number of rotatable bonds is 7. The van der Waals surface area contributed by atoms with Crippen LogP contribution in [0.4, 0.5) is 5.69 Å². The predicted molar refractivity (Wildman–Crippen MR) is 122 cm³/mol. The molecular weight excluding hydrogens is 450 g/mol. The van der Waals surface area contributed by atoms with Crippen molar-refractivity contribution in [3.63, 3.8) is 0 Å². The minimum atomic E-state index is -3.81. The maximum atomic E-state index is 12.9. The van der Waals surface area contributed by atoms with Crippen LogP contribution in [0, 0.1) is 6.92 Å². The standard InChI is InChI=1S/C22H27N3O5S2/c1-17-4-6-18(7-5-17)21(24-13-2-3-14-24)16-23-32(29,30)20-10-8-19(9-11-20)25-22(26)12-15-31(25,27)28/h4-11,21,23H,2-3,12-16H2,1H3/t21-/m1/s1. The van der Waals surface area contributed by atoms with Crippen LogP contribution < -0.4 is 9.03 Å². The van der Waals surface area contributed by atoms with Gasteiger partial charge in [-0.25, -0.2) is 25.9 Å². The van der Waals surface area contributed by atoms with Gasteiger partial charge < -0.3 is 0 Å². The van der Waals surface area contributed by atoms with E-state index in [0.29, 0.717) is 0 Å². The molecule has 4 rings (SSSR count). The van der Waals surface area contributed by atoms with Gasteiger partial charge in [-0.15, -0.1) is 0 Å². The fourth-order valence-electron chi connectivity index (χ4n) is 4.20. The number of benzene rings is 2. The molecule has 0 unspecified atom stereocenters. The average Bonchev–Trinajstić information content (AvgIpc) is 3.37. The van der Waals surface area contributed by atoms with E-state index in [9.17, 15) is 21.6 Å². The second kappa shape index (κ2) is 8.93. The van der Waals surface area contributed by atoms with Crippen LogP contribution in [-0.4, -0.2) is 53.0 Å². The summed E-state index contributed by atoms with van der Waals surface area (Å²) in [5, 5.41) is 0. The van der Waals surface area contributed by atoms with Crippen molar-refractivity contribution < 1.29 is 21.6 Å². The maximum absolute atomic E-state index is 12.9. The first-order valence-electron chi connectivity index (χ1n) is 10.6. The summed E-state index contributed by atoms with van der Waals surface area (Å²) in [4.78, 5) is 14.3. The Balaban J connectivity index is 1.51. The minimum Gasteiger partial charge on any atom is -0.295 e. The van der Waals surface area contributed by atoms with Gasteiger partial charge in [-0.3, -0.25) is 9.69 Å². The van der Waals surface area contributed by atoms with E-state index in [2.05, 4.69) is 9.62 Å². The van der Waals surface area contributed by atoms with Crippen molar-refractivity contribution in [1.82, 2.24) is 9.62 Å². The number of anilines is 1. The van der Waals surface area contributed by atoms with Gasteiger partial charge in [0.15, 0.2) is 0 Å². The Hall–Kier alpha value is -2.27. The normalized spacial score (nSPS) is 20.0. The van der Waals surface area contributed by atoms with Crippen molar-refractivity contribution in [2.24, 2.45) is 0 Å². The second-order valence-corrected chi connectivity index (χ2v) is 11.9. The number of nitrogens with zero attached hydrogens (tertiary/aromatic N) is 2. The van der Waals surface area contributed by atoms with Crippen molar-refractivity contribution in [2.45, 2.75) is 37.1 Å². The fraction of sp³-hybridized carbons (Fsp3) is 0.409. The van der Waals surface area contributed by atoms with Crippen molar-refractivity contribution in [2.75, 3.05) is 29.7 Å². The van der Waals surface area contributed by atoms with E-state index in [1.54, 1.807) is 0 Å². The van der Waals surface area contributed by atoms with Crippen LogP contribution in [0.3, 0.4) is 0 Å². The van der Waals surface area contributed by atoms with Crippen molar-refractivity contribution in [1.29, 1.82) is 0 Å². The van der Waals surface area contributed by atoms with Crippen LogP contribution >= 0.6 is 0 Å². The molecule has 0 aromatic heterocycles. The van der Waals surface area contributed by atoms with E-state index in [1.165, 1.54) is 24.3 Å². The molecule has 8 nitrogen and oxygen atoms in total. The molecule has 0 radical (unpaired) electrons. The van der Waals surface area contributed by atoms with Crippen LogP contribution in [0.2, 0.25) is 0 Å². The molecule has 2 aliphatic rings. The van der Waals surface area contributed by atoms with Gasteiger partial charge in [-0.2, -0.15) is 0 Å². The Morgan fingerprint density at radius 1 is 1.00 bits per heavy atom. The summed E-state index contributed by atoms with van der Waals surface area (Å²) in [7, 11) is -7.50. The molecule has 1 N–H and O–H groups in total. The molecule has 2 aromatic rings. The molecule has 2 fully saturated rings. The highest BCUT2D eigenvalue weighted by atomic mass is 32.2. The molecular formula is C22H27N3O5S2. The molecule has 0 aliphatic carbocycles. The van der Waals surface area contributed by atoms with Crippen LogP contribution in [0.25, 0.3) is 0 Å². The quantitative estimate of drug-likeness (QED) is 0.656. The topological polar surface area (TPSA) is 104 Å². The highest BCUT2D eigenvalue weighted by Gasteiger charge is 2.36. The van der Waals surface area contributed by atoms with E-state index in [4.69, 9.17) is 0 Å². The molecule has 2 saturated heterocycles. The number of carbonyl (C=O) groups excluding carboxylic acids is 1. The first-order chi connectivity index (χ1) is 15.2. The highest BCUT2D eigenvalue weighted by molar-refractivity contribution is 7.94. The van der Waals surface area contributed by atoms with Crippen LogP contribution in [0.1, 0.15) is 36.4 Å². The van der Waals surface area contributed by atoms with E-state index < -0.39 is 26.0 Å². The minimum absolute atomic E-state index is 0.0226. The van der Waals surface area contributed by atoms with Gasteiger partial charge in [0.05, 0.1) is 16.3 Å². The molecule has 0 bridgehead atoms. The Morgan fingerprint density at radius 2 is 1.62 bits per heavy atom. The zero-order chi connectivity index (χ0) is 22.9. The summed E-state index contributed by atoms with van der Waals surface area (Å²) in [5.74, 6) is -0.741. The monoisotopic (exact) mass is 477 g/mol. The van der Waals surface area contributed by atoms with E-state index in [0.717, 1.165) is 41.4 Å². The molecule has 2 aromatic carbocycles. The number of hydrogen-bond acceptors (Lipinski definition) is 6. The lowest BCUT2D eigenvalue weighted by atomic mass is 10.0. The summed E-state index contributed by atoms with van der Waals surface area (Å²) in [6, 6.07) is 13.4. The maximum Gasteiger partial charge on any atom is 0.242 e. The Morgan fingerprint density at radius 3 is 2.19 bits per heavy atom. The molecule has 0 saturated carbocycles. The van der Waals surface area contributed by atoms with Gasteiger partial charge in [-0.1, -0.05) is 29.8 Å². The van der Waals surface area contributed by atoms with Gasteiger partial charge in [-0.05, 0) is 62.7 Å². The predicted octanol–water partition coefficient (Wildman–Crippen LogP) is 2.18. The smallest absolute Gasteiger partial charge is 0.242 e. The van der Waals surface area contributed by atoms with Gasteiger partial charge in [0, 0.05) is 19.0 Å². The summed E-state index contributed by atoms with van der Waals surface area (Å²) in [6.07, 6.45) is 2.12. The highest BCUT2D eigenvalue weighted by Crippen LogP contribution is 2.28. The number of aryl methyl sites for hydroxylation is 1. The lowest BCUT2D eigenvalue weighted by Gasteiger charge is -2.28. The van der Waals surface area contributed by atoms with E-state index in [1.807, 2.05) is 31.2 Å². The van der Waals surface area contributed by atoms with Gasteiger partial charge in [0.2, 0.25) is 26.0 Å². The number of carbonyl (C=O) groups is 1. The van der Waals surface area contributed by atoms with Crippen molar-refractivity contribution >= 4 is 31.6 Å². The Labute approximate surface area is 189 Å². The molecule has 2 aliphatic heterocycles. The number of sulfonamides is 2. The SMILES string of the molecule is Cc1ccc([C@@H](CNS(=O)(=O)c2ccc(N3C(=O)CCS3(=O)=O)cc2)N2CCCC2)cc1. The lowest BCUT2D eigenvalue weighted by molar-refractivity contribution is -0.116. The molecule has 0 spiro atoms. The molecule has 1 atom stereocenters. The largest absolute Gasteiger partial charge is 0.295 e. The Bertz CT molecular complexity index is 1190. The zero-order valence-electron chi connectivity index (χ0n) is 17.9. The van der Waals surface area contributed by atoms with Gasteiger partial charge >= 0.3 is 0 Å². The Kier molecular flexibility index (Phi) is 6.39. The number of amides is 1. The van der Waals surface area contributed by atoms with Crippen LogP contribution in [-0.2, 0) is 24.8 Å². The lowest BCUT2D eigenvalue weighted by Crippen LogP contribution is -2.36. The number of hydrogen-bond donors (Lipinski definition) is 1. The molecule has 2 heterocycles. The molecule has 32 heavy (non-hydrogen) atoms. The third kappa shape index (κ3) is 4.73.